The van der Waals surface area contributed by atoms with Gasteiger partial charge in [0.1, 0.15) is 0 Å². The Hall–Kier alpha value is -0.910. The summed E-state index contributed by atoms with van der Waals surface area (Å²) in [6.07, 6.45) is 4.41. The van der Waals surface area contributed by atoms with Gasteiger partial charge in [0.25, 0.3) is 11.0 Å². The highest BCUT2D eigenvalue weighted by Crippen LogP contribution is 2.21. The zero-order valence-corrected chi connectivity index (χ0v) is 12.6. The van der Waals surface area contributed by atoms with Crippen molar-refractivity contribution < 1.29 is 12.6 Å². The van der Waals surface area contributed by atoms with Gasteiger partial charge in [0.15, 0.2) is 0 Å². The van der Waals surface area contributed by atoms with E-state index >= 15 is 0 Å². The lowest BCUT2D eigenvalue weighted by atomic mass is 9.90. The van der Waals surface area contributed by atoms with E-state index in [9.17, 15) is 8.42 Å². The quantitative estimate of drug-likeness (QED) is 0.616. The maximum absolute atomic E-state index is 10.3. The van der Waals surface area contributed by atoms with Crippen LogP contribution in [-0.4, -0.2) is 39.6 Å². The fourth-order valence-corrected chi connectivity index (χ4v) is 3.07. The first-order chi connectivity index (χ1) is 9.74. The van der Waals surface area contributed by atoms with Crippen LogP contribution in [0.1, 0.15) is 24.8 Å². The van der Waals surface area contributed by atoms with Crippen molar-refractivity contribution in [1.82, 2.24) is 4.90 Å². The molecule has 0 N–H and O–H groups in total. The lowest BCUT2D eigenvalue weighted by Gasteiger charge is -2.31. The van der Waals surface area contributed by atoms with Gasteiger partial charge in [0.2, 0.25) is 0 Å². The molecule has 0 aromatic heterocycles. The van der Waals surface area contributed by atoms with E-state index < -0.39 is 11.0 Å². The SMILES string of the molecule is O=[SH](=O)OCCCN1CCC(Cc2ccccc2)CC1. The van der Waals surface area contributed by atoms with Crippen molar-refractivity contribution in [1.29, 1.82) is 0 Å². The van der Waals surface area contributed by atoms with Crippen LogP contribution >= 0.6 is 0 Å². The van der Waals surface area contributed by atoms with Crippen molar-refractivity contribution >= 4 is 11.0 Å². The highest BCUT2D eigenvalue weighted by atomic mass is 32.2. The monoisotopic (exact) mass is 297 g/mol. The summed E-state index contributed by atoms with van der Waals surface area (Å²) in [5.41, 5.74) is 1.43. The second-order valence-corrected chi connectivity index (χ2v) is 6.09. The first-order valence-electron chi connectivity index (χ1n) is 7.27. The van der Waals surface area contributed by atoms with E-state index in [0.717, 1.165) is 32.0 Å². The molecule has 20 heavy (non-hydrogen) atoms. The fourth-order valence-electron chi connectivity index (χ4n) is 2.79. The minimum Gasteiger partial charge on any atom is -0.303 e. The molecule has 1 saturated heterocycles. The lowest BCUT2D eigenvalue weighted by molar-refractivity contribution is 0.172. The number of likely N-dealkylation sites (tertiary alicyclic amines) is 1. The lowest BCUT2D eigenvalue weighted by Crippen LogP contribution is -2.35. The maximum atomic E-state index is 10.3. The third-order valence-corrected chi connectivity index (χ3v) is 4.28. The second-order valence-electron chi connectivity index (χ2n) is 5.39. The molecule has 0 radical (unpaired) electrons. The van der Waals surface area contributed by atoms with Crippen LogP contribution in [0.15, 0.2) is 30.3 Å². The summed E-state index contributed by atoms with van der Waals surface area (Å²) in [5, 5.41) is 0. The third-order valence-electron chi connectivity index (χ3n) is 3.89. The van der Waals surface area contributed by atoms with E-state index in [1.54, 1.807) is 0 Å². The molecule has 1 fully saturated rings. The van der Waals surface area contributed by atoms with Crippen LogP contribution in [0.4, 0.5) is 0 Å². The Labute approximate surface area is 122 Å². The summed E-state index contributed by atoms with van der Waals surface area (Å²) in [6.45, 7) is 3.46. The number of piperidine rings is 1. The predicted molar refractivity (Wildman–Crippen MR) is 80.2 cm³/mol. The van der Waals surface area contributed by atoms with Gasteiger partial charge in [-0.25, -0.2) is 8.42 Å². The van der Waals surface area contributed by atoms with Crippen molar-refractivity contribution in [3.05, 3.63) is 35.9 Å². The Morgan fingerprint density at radius 1 is 1.15 bits per heavy atom. The van der Waals surface area contributed by atoms with Gasteiger partial charge >= 0.3 is 0 Å². The van der Waals surface area contributed by atoms with Gasteiger partial charge in [-0.05, 0) is 50.3 Å². The third kappa shape index (κ3) is 5.61. The van der Waals surface area contributed by atoms with Crippen LogP contribution in [0, 0.1) is 5.92 Å². The maximum Gasteiger partial charge on any atom is 0.257 e. The molecule has 0 unspecified atom stereocenters. The molecule has 1 aromatic carbocycles. The van der Waals surface area contributed by atoms with Crippen LogP contribution in [0.25, 0.3) is 0 Å². The average molecular weight is 297 g/mol. The summed E-state index contributed by atoms with van der Waals surface area (Å²) < 4.78 is 25.1. The Bertz CT molecular complexity index is 445. The molecular weight excluding hydrogens is 274 g/mol. The van der Waals surface area contributed by atoms with Crippen molar-refractivity contribution in [2.45, 2.75) is 25.7 Å². The van der Waals surface area contributed by atoms with E-state index in [-0.39, 0.29) is 0 Å². The van der Waals surface area contributed by atoms with E-state index in [2.05, 4.69) is 39.4 Å². The molecule has 5 heteroatoms. The van der Waals surface area contributed by atoms with Crippen LogP contribution in [0.5, 0.6) is 0 Å². The molecule has 0 aliphatic carbocycles. The molecule has 0 bridgehead atoms. The van der Waals surface area contributed by atoms with Crippen LogP contribution in [0.3, 0.4) is 0 Å². The molecule has 4 nitrogen and oxygen atoms in total. The van der Waals surface area contributed by atoms with Crippen LogP contribution in [0.2, 0.25) is 0 Å². The van der Waals surface area contributed by atoms with Crippen molar-refractivity contribution in [3.8, 4) is 0 Å². The van der Waals surface area contributed by atoms with E-state index in [1.165, 1.54) is 24.8 Å². The van der Waals surface area contributed by atoms with Gasteiger partial charge in [-0.3, -0.25) is 4.18 Å². The Balaban J connectivity index is 1.62. The standard InChI is InChI=1S/C15H23NO3S/c17-20(18)19-12-4-9-16-10-7-15(8-11-16)13-14-5-2-1-3-6-14/h1-3,5-6,15,20H,4,7-13H2. The van der Waals surface area contributed by atoms with Crippen molar-refractivity contribution in [3.63, 3.8) is 0 Å². The summed E-state index contributed by atoms with van der Waals surface area (Å²) in [4.78, 5) is 2.41. The smallest absolute Gasteiger partial charge is 0.257 e. The molecule has 0 atom stereocenters. The zero-order chi connectivity index (χ0) is 14.2. The first kappa shape index (κ1) is 15.5. The first-order valence-corrected chi connectivity index (χ1v) is 8.37. The molecule has 0 saturated carbocycles. The van der Waals surface area contributed by atoms with Crippen molar-refractivity contribution in [2.24, 2.45) is 5.92 Å². The molecule has 1 heterocycles. The topological polar surface area (TPSA) is 46.6 Å². The Morgan fingerprint density at radius 3 is 2.50 bits per heavy atom. The van der Waals surface area contributed by atoms with E-state index in [1.807, 2.05) is 0 Å². The molecular formula is C15H23NO3S. The van der Waals surface area contributed by atoms with Gasteiger partial charge in [0, 0.05) is 6.54 Å². The summed E-state index contributed by atoms with van der Waals surface area (Å²) in [6, 6.07) is 10.7. The number of nitrogens with zero attached hydrogens (tertiary/aromatic N) is 1. The molecule has 1 aromatic rings. The van der Waals surface area contributed by atoms with Gasteiger partial charge in [0.05, 0.1) is 6.61 Å². The van der Waals surface area contributed by atoms with Crippen LogP contribution in [-0.2, 0) is 21.6 Å². The average Bonchev–Trinajstić information content (AvgIpc) is 2.46. The molecule has 1 aliphatic heterocycles. The Morgan fingerprint density at radius 2 is 1.85 bits per heavy atom. The fraction of sp³-hybridized carbons (Fsp3) is 0.600. The highest BCUT2D eigenvalue weighted by Gasteiger charge is 2.18. The summed E-state index contributed by atoms with van der Waals surface area (Å²) in [7, 11) is -2.68. The van der Waals surface area contributed by atoms with Gasteiger partial charge in [-0.2, -0.15) is 0 Å². The largest absolute Gasteiger partial charge is 0.303 e. The number of rotatable bonds is 7. The number of hydrogen-bond acceptors (Lipinski definition) is 4. The minimum absolute atomic E-state index is 0.308. The van der Waals surface area contributed by atoms with Gasteiger partial charge in [-0.1, -0.05) is 30.3 Å². The number of benzene rings is 1. The minimum atomic E-state index is -2.68. The van der Waals surface area contributed by atoms with Gasteiger partial charge < -0.3 is 4.90 Å². The molecule has 1 aliphatic rings. The second kappa shape index (κ2) is 8.39. The molecule has 112 valence electrons. The zero-order valence-electron chi connectivity index (χ0n) is 11.7. The van der Waals surface area contributed by atoms with Crippen molar-refractivity contribution in [2.75, 3.05) is 26.2 Å². The summed E-state index contributed by atoms with van der Waals surface area (Å²) in [5.74, 6) is 0.779. The number of thiol groups is 1. The molecule has 0 spiro atoms. The highest BCUT2D eigenvalue weighted by molar-refractivity contribution is 7.67. The predicted octanol–water partition coefficient (Wildman–Crippen LogP) is 1.87. The normalized spacial score (nSPS) is 17.6. The van der Waals surface area contributed by atoms with Gasteiger partial charge in [-0.15, -0.1) is 0 Å². The molecule has 2 rings (SSSR count). The van der Waals surface area contributed by atoms with Crippen LogP contribution < -0.4 is 0 Å². The Kier molecular flexibility index (Phi) is 6.50. The molecule has 0 amide bonds. The van der Waals surface area contributed by atoms with E-state index in [4.69, 9.17) is 0 Å². The number of hydrogen-bond donors (Lipinski definition) is 1. The summed E-state index contributed by atoms with van der Waals surface area (Å²) >= 11 is 0. The van der Waals surface area contributed by atoms with E-state index in [0.29, 0.717) is 6.61 Å².